The Morgan fingerprint density at radius 3 is 2.02 bits per heavy atom. The second-order valence-electron chi connectivity index (χ2n) is 12.4. The van der Waals surface area contributed by atoms with E-state index in [1.165, 1.54) is 4.31 Å². The molecule has 1 unspecified atom stereocenters. The van der Waals surface area contributed by atoms with Crippen molar-refractivity contribution in [2.75, 3.05) is 39.8 Å². The molecule has 4 aromatic rings. The van der Waals surface area contributed by atoms with E-state index in [9.17, 15) is 13.2 Å². The number of amides is 1. The summed E-state index contributed by atoms with van der Waals surface area (Å²) in [6.07, 6.45) is 3.24. The maximum Gasteiger partial charge on any atom is 0.410 e. The molecule has 1 amide bonds. The van der Waals surface area contributed by atoms with Crippen molar-refractivity contribution in [3.63, 3.8) is 0 Å². The molecule has 1 aliphatic heterocycles. The molecule has 4 aromatic carbocycles. The summed E-state index contributed by atoms with van der Waals surface area (Å²) in [7, 11) is -1.91. The zero-order chi connectivity index (χ0) is 33.1. The first-order valence-electron chi connectivity index (χ1n) is 16.7. The Morgan fingerprint density at radius 1 is 0.830 bits per heavy atom. The first-order chi connectivity index (χ1) is 22.8. The predicted molar refractivity (Wildman–Crippen MR) is 189 cm³/mol. The topological polar surface area (TPSA) is 70.2 Å². The minimum absolute atomic E-state index is 0.0609. The lowest BCUT2D eigenvalue weighted by molar-refractivity contribution is 0.0601. The standard InChI is InChI=1S/C39H47N3O4S/c1-3-26-42(39(43)46-31-32-19-21-35(22-20-32)33-13-7-4-8-14-33)37-24-28-41(29-25-37)27-23-36(34-15-9-5-10-16-34)30-40(2)47(44,45)38-17-11-6-12-18-38/h4-22,36-37H,3,23-31H2,1-2H3. The van der Waals surface area contributed by atoms with Crippen LogP contribution in [0.3, 0.4) is 0 Å². The fraction of sp³-hybridized carbons (Fsp3) is 0.359. The van der Waals surface area contributed by atoms with Gasteiger partial charge in [0, 0.05) is 39.3 Å². The Morgan fingerprint density at radius 2 is 1.40 bits per heavy atom. The van der Waals surface area contributed by atoms with Gasteiger partial charge in [-0.25, -0.2) is 17.5 Å². The van der Waals surface area contributed by atoms with Crippen molar-refractivity contribution >= 4 is 16.1 Å². The Balaban J connectivity index is 1.13. The number of benzene rings is 4. The van der Waals surface area contributed by atoms with Gasteiger partial charge in [-0.2, -0.15) is 0 Å². The van der Waals surface area contributed by atoms with Crippen LogP contribution in [0.15, 0.2) is 120 Å². The highest BCUT2D eigenvalue weighted by Gasteiger charge is 2.30. The van der Waals surface area contributed by atoms with Crippen LogP contribution >= 0.6 is 0 Å². The van der Waals surface area contributed by atoms with Gasteiger partial charge in [0.1, 0.15) is 6.61 Å². The largest absolute Gasteiger partial charge is 0.445 e. The lowest BCUT2D eigenvalue weighted by Crippen LogP contribution is -2.48. The smallest absolute Gasteiger partial charge is 0.410 e. The highest BCUT2D eigenvalue weighted by atomic mass is 32.2. The van der Waals surface area contributed by atoms with Gasteiger partial charge in [0.05, 0.1) is 4.90 Å². The molecule has 0 aliphatic carbocycles. The number of sulfonamides is 1. The summed E-state index contributed by atoms with van der Waals surface area (Å²) >= 11 is 0. The van der Waals surface area contributed by atoms with Crippen LogP contribution in [-0.2, 0) is 21.4 Å². The lowest BCUT2D eigenvalue weighted by atomic mass is 9.94. The van der Waals surface area contributed by atoms with Gasteiger partial charge in [0.2, 0.25) is 10.0 Å². The highest BCUT2D eigenvalue weighted by molar-refractivity contribution is 7.89. The van der Waals surface area contributed by atoms with Crippen LogP contribution in [0.1, 0.15) is 49.7 Å². The van der Waals surface area contributed by atoms with Crippen molar-refractivity contribution in [2.24, 2.45) is 0 Å². The van der Waals surface area contributed by atoms with Gasteiger partial charge < -0.3 is 14.5 Å². The highest BCUT2D eigenvalue weighted by Crippen LogP contribution is 2.26. The van der Waals surface area contributed by atoms with E-state index in [0.29, 0.717) is 18.0 Å². The molecule has 47 heavy (non-hydrogen) atoms. The van der Waals surface area contributed by atoms with Gasteiger partial charge >= 0.3 is 6.09 Å². The summed E-state index contributed by atoms with van der Waals surface area (Å²) in [5.74, 6) is 0.0609. The molecule has 8 heteroatoms. The molecular formula is C39H47N3O4S. The monoisotopic (exact) mass is 653 g/mol. The molecule has 248 valence electrons. The molecule has 0 N–H and O–H groups in total. The number of hydrogen-bond acceptors (Lipinski definition) is 5. The van der Waals surface area contributed by atoms with Crippen LogP contribution in [0.4, 0.5) is 4.79 Å². The number of carbonyl (C=O) groups excluding carboxylic acids is 1. The Kier molecular flexibility index (Phi) is 12.2. The van der Waals surface area contributed by atoms with E-state index in [1.807, 2.05) is 59.5 Å². The van der Waals surface area contributed by atoms with E-state index in [2.05, 4.69) is 48.2 Å². The zero-order valence-electron chi connectivity index (χ0n) is 27.6. The van der Waals surface area contributed by atoms with E-state index < -0.39 is 10.0 Å². The van der Waals surface area contributed by atoms with Gasteiger partial charge in [-0.15, -0.1) is 0 Å². The molecule has 0 radical (unpaired) electrons. The fourth-order valence-electron chi connectivity index (χ4n) is 6.38. The van der Waals surface area contributed by atoms with Gasteiger partial charge in [0.25, 0.3) is 0 Å². The molecule has 1 aliphatic rings. The normalized spacial score (nSPS) is 15.0. The van der Waals surface area contributed by atoms with Crippen molar-refractivity contribution in [1.29, 1.82) is 0 Å². The van der Waals surface area contributed by atoms with Gasteiger partial charge in [0.15, 0.2) is 0 Å². The second-order valence-corrected chi connectivity index (χ2v) is 14.4. The Labute approximate surface area is 280 Å². The molecule has 1 heterocycles. The molecule has 5 rings (SSSR count). The third-order valence-corrected chi connectivity index (χ3v) is 11.0. The molecule has 0 aromatic heterocycles. The van der Waals surface area contributed by atoms with Gasteiger partial charge in [-0.05, 0) is 72.5 Å². The van der Waals surface area contributed by atoms with Crippen LogP contribution < -0.4 is 0 Å². The minimum atomic E-state index is -3.58. The Hall–Kier alpha value is -3.98. The first kappa shape index (κ1) is 34.4. The molecule has 0 bridgehead atoms. The summed E-state index contributed by atoms with van der Waals surface area (Å²) in [6.45, 7) is 6.07. The third-order valence-electron chi connectivity index (χ3n) is 9.11. The van der Waals surface area contributed by atoms with Crippen molar-refractivity contribution < 1.29 is 17.9 Å². The molecule has 0 saturated carbocycles. The quantitative estimate of drug-likeness (QED) is 0.140. The maximum atomic E-state index is 13.3. The number of hydrogen-bond donors (Lipinski definition) is 0. The number of likely N-dealkylation sites (N-methyl/N-ethyl adjacent to an activating group) is 1. The number of rotatable bonds is 14. The van der Waals surface area contributed by atoms with Gasteiger partial charge in [-0.1, -0.05) is 110 Å². The fourth-order valence-corrected chi connectivity index (χ4v) is 7.62. The van der Waals surface area contributed by atoms with Crippen LogP contribution in [0.25, 0.3) is 11.1 Å². The maximum absolute atomic E-state index is 13.3. The molecule has 1 atom stereocenters. The predicted octanol–water partition coefficient (Wildman–Crippen LogP) is 7.66. The average molecular weight is 654 g/mol. The van der Waals surface area contributed by atoms with Crippen molar-refractivity contribution in [3.05, 3.63) is 126 Å². The summed E-state index contributed by atoms with van der Waals surface area (Å²) in [6, 6.07) is 37.4. The lowest BCUT2D eigenvalue weighted by Gasteiger charge is -2.38. The van der Waals surface area contributed by atoms with E-state index >= 15 is 0 Å². The molecule has 0 spiro atoms. The summed E-state index contributed by atoms with van der Waals surface area (Å²) in [4.78, 5) is 18.0. The van der Waals surface area contributed by atoms with E-state index in [0.717, 1.165) is 67.6 Å². The minimum Gasteiger partial charge on any atom is -0.445 e. The van der Waals surface area contributed by atoms with Crippen LogP contribution in [0.2, 0.25) is 0 Å². The van der Waals surface area contributed by atoms with E-state index in [-0.39, 0.29) is 24.7 Å². The first-order valence-corrected chi connectivity index (χ1v) is 18.2. The van der Waals surface area contributed by atoms with Crippen molar-refractivity contribution in [2.45, 2.75) is 56.1 Å². The summed E-state index contributed by atoms with van der Waals surface area (Å²) in [5.41, 5.74) is 4.42. The SMILES string of the molecule is CCCN(C(=O)OCc1ccc(-c2ccccc2)cc1)C1CCN(CCC(CN(C)S(=O)(=O)c2ccccc2)c2ccccc2)CC1. The van der Waals surface area contributed by atoms with Crippen molar-refractivity contribution in [1.82, 2.24) is 14.1 Å². The zero-order valence-corrected chi connectivity index (χ0v) is 28.4. The summed E-state index contributed by atoms with van der Waals surface area (Å²) in [5, 5.41) is 0. The van der Waals surface area contributed by atoms with Crippen LogP contribution in [-0.4, -0.2) is 74.4 Å². The number of likely N-dealkylation sites (tertiary alicyclic amines) is 1. The van der Waals surface area contributed by atoms with Crippen LogP contribution in [0.5, 0.6) is 0 Å². The average Bonchev–Trinajstić information content (AvgIpc) is 3.13. The Bertz CT molecular complexity index is 1630. The molecule has 7 nitrogen and oxygen atoms in total. The molecular weight excluding hydrogens is 607 g/mol. The van der Waals surface area contributed by atoms with Crippen molar-refractivity contribution in [3.8, 4) is 11.1 Å². The van der Waals surface area contributed by atoms with Gasteiger partial charge in [-0.3, -0.25) is 0 Å². The van der Waals surface area contributed by atoms with Crippen LogP contribution in [0, 0.1) is 0 Å². The number of piperidine rings is 1. The molecule has 1 saturated heterocycles. The second kappa shape index (κ2) is 16.7. The number of nitrogens with zero attached hydrogens (tertiary/aromatic N) is 3. The van der Waals surface area contributed by atoms with E-state index in [1.54, 1.807) is 31.3 Å². The van der Waals surface area contributed by atoms with E-state index in [4.69, 9.17) is 4.74 Å². The molecule has 1 fully saturated rings. The summed E-state index contributed by atoms with van der Waals surface area (Å²) < 4.78 is 33.9. The number of ether oxygens (including phenoxy) is 1. The third kappa shape index (κ3) is 9.31. The number of carbonyl (C=O) groups is 1.